The Morgan fingerprint density at radius 3 is 2.18 bits per heavy atom. The molecule has 2 amide bonds. The van der Waals surface area contributed by atoms with Crippen molar-refractivity contribution in [3.63, 3.8) is 0 Å². The number of carbonyl (C=O) groups excluding carboxylic acids is 1. The van der Waals surface area contributed by atoms with Gasteiger partial charge in [-0.15, -0.1) is 0 Å². The summed E-state index contributed by atoms with van der Waals surface area (Å²) < 4.78 is 0. The third-order valence-electron chi connectivity index (χ3n) is 5.59. The Balaban J connectivity index is 0.00000225. The minimum Gasteiger partial charge on any atom is -0.390 e. The summed E-state index contributed by atoms with van der Waals surface area (Å²) in [4.78, 5) is 16.5. The average Bonchev–Trinajstić information content (AvgIpc) is 2.71. The number of aliphatic hydroxyl groups is 1. The fourth-order valence-corrected chi connectivity index (χ4v) is 4.06. The number of hydrogen-bond acceptors (Lipinski definition) is 3. The van der Waals surface area contributed by atoms with Gasteiger partial charge in [0.2, 0.25) is 0 Å². The molecule has 0 aromatic heterocycles. The largest absolute Gasteiger partial charge is 0.390 e. The molecule has 0 unspecified atom stereocenters. The lowest BCUT2D eigenvalue weighted by molar-refractivity contribution is 0.103. The predicted octanol–water partition coefficient (Wildman–Crippen LogP) is 2.29. The first-order valence-electron chi connectivity index (χ1n) is 9.76. The molecule has 0 radical (unpaired) electrons. The molecular formula is C22H29N3O2S. The van der Waals surface area contributed by atoms with E-state index in [1.165, 1.54) is 22.3 Å². The van der Waals surface area contributed by atoms with Crippen LogP contribution in [0.25, 0.3) is 0 Å². The second kappa shape index (κ2) is 9.45. The van der Waals surface area contributed by atoms with Gasteiger partial charge in [0.05, 0.1) is 6.10 Å². The molecule has 0 bridgehead atoms. The van der Waals surface area contributed by atoms with Crippen molar-refractivity contribution in [2.75, 3.05) is 26.2 Å². The highest BCUT2D eigenvalue weighted by Crippen LogP contribution is 2.19. The minimum atomic E-state index is -0.559. The van der Waals surface area contributed by atoms with E-state index in [2.05, 4.69) is 46.6 Å². The van der Waals surface area contributed by atoms with E-state index in [0.29, 0.717) is 13.1 Å². The second-order valence-corrected chi connectivity index (χ2v) is 7.53. The van der Waals surface area contributed by atoms with E-state index in [4.69, 9.17) is 0 Å². The quantitative estimate of drug-likeness (QED) is 0.829. The molecule has 0 saturated carbocycles. The average molecular weight is 400 g/mol. The monoisotopic (exact) mass is 399 g/mol. The van der Waals surface area contributed by atoms with Gasteiger partial charge in [-0.05, 0) is 35.1 Å². The smallest absolute Gasteiger partial charge is 0.317 e. The van der Waals surface area contributed by atoms with Gasteiger partial charge in [-0.3, -0.25) is 4.90 Å². The topological polar surface area (TPSA) is 55.8 Å². The molecule has 4 rings (SSSR count). The van der Waals surface area contributed by atoms with Gasteiger partial charge >= 0.3 is 6.03 Å². The van der Waals surface area contributed by atoms with E-state index >= 15 is 0 Å². The number of amides is 2. The van der Waals surface area contributed by atoms with E-state index < -0.39 is 6.10 Å². The summed E-state index contributed by atoms with van der Waals surface area (Å²) in [6.07, 6.45) is 1.35. The lowest BCUT2D eigenvalue weighted by Crippen LogP contribution is -2.47. The summed E-state index contributed by atoms with van der Waals surface area (Å²) in [6.45, 7) is 4.05. The molecule has 150 valence electrons. The SMILES string of the molecule is O=C(NC[C@H](O)CN1CCc2ccccc2C1)N1CCc2ccccc2C1.S. The number of hydrogen-bond donors (Lipinski definition) is 2. The summed E-state index contributed by atoms with van der Waals surface area (Å²) >= 11 is 0. The number of rotatable bonds is 4. The van der Waals surface area contributed by atoms with Crippen LogP contribution in [0.15, 0.2) is 48.5 Å². The van der Waals surface area contributed by atoms with Crippen LogP contribution in [0.4, 0.5) is 4.79 Å². The maximum atomic E-state index is 12.5. The summed E-state index contributed by atoms with van der Waals surface area (Å²) in [5, 5.41) is 13.3. The van der Waals surface area contributed by atoms with Gasteiger partial charge in [0.25, 0.3) is 0 Å². The van der Waals surface area contributed by atoms with Crippen molar-refractivity contribution in [1.82, 2.24) is 15.1 Å². The third-order valence-corrected chi connectivity index (χ3v) is 5.59. The van der Waals surface area contributed by atoms with E-state index in [1.807, 2.05) is 17.0 Å². The predicted molar refractivity (Wildman–Crippen MR) is 116 cm³/mol. The Labute approximate surface area is 173 Å². The Morgan fingerprint density at radius 2 is 1.50 bits per heavy atom. The summed E-state index contributed by atoms with van der Waals surface area (Å²) in [5.41, 5.74) is 5.28. The van der Waals surface area contributed by atoms with Crippen LogP contribution < -0.4 is 5.32 Å². The van der Waals surface area contributed by atoms with Crippen molar-refractivity contribution >= 4 is 19.5 Å². The zero-order valence-electron chi connectivity index (χ0n) is 16.1. The number of carbonyl (C=O) groups is 1. The summed E-state index contributed by atoms with van der Waals surface area (Å²) in [7, 11) is 0. The Kier molecular flexibility index (Phi) is 6.99. The van der Waals surface area contributed by atoms with E-state index in [-0.39, 0.29) is 26.1 Å². The van der Waals surface area contributed by atoms with Crippen LogP contribution in [-0.2, 0) is 25.9 Å². The third kappa shape index (κ3) is 4.87. The molecule has 1 atom stereocenters. The first kappa shape index (κ1) is 20.7. The summed E-state index contributed by atoms with van der Waals surface area (Å²) in [6, 6.07) is 16.7. The Hall–Kier alpha value is -2.02. The van der Waals surface area contributed by atoms with Gasteiger partial charge in [-0.2, -0.15) is 13.5 Å². The first-order valence-corrected chi connectivity index (χ1v) is 9.76. The van der Waals surface area contributed by atoms with Crippen molar-refractivity contribution in [2.24, 2.45) is 0 Å². The fourth-order valence-electron chi connectivity index (χ4n) is 4.06. The highest BCUT2D eigenvalue weighted by molar-refractivity contribution is 7.59. The van der Waals surface area contributed by atoms with Gasteiger partial charge < -0.3 is 15.3 Å². The van der Waals surface area contributed by atoms with Crippen LogP contribution >= 0.6 is 13.5 Å². The normalized spacial score (nSPS) is 17.1. The molecule has 0 fully saturated rings. The van der Waals surface area contributed by atoms with Crippen LogP contribution in [0.3, 0.4) is 0 Å². The zero-order valence-corrected chi connectivity index (χ0v) is 17.1. The maximum absolute atomic E-state index is 12.5. The Morgan fingerprint density at radius 1 is 0.929 bits per heavy atom. The fraction of sp³-hybridized carbons (Fsp3) is 0.409. The Bertz CT molecular complexity index is 814. The van der Waals surface area contributed by atoms with Crippen LogP contribution in [-0.4, -0.2) is 53.2 Å². The van der Waals surface area contributed by atoms with Gasteiger partial charge in [0.15, 0.2) is 0 Å². The van der Waals surface area contributed by atoms with Gasteiger partial charge in [0.1, 0.15) is 0 Å². The molecule has 6 heteroatoms. The first-order chi connectivity index (χ1) is 13.2. The van der Waals surface area contributed by atoms with Gasteiger partial charge in [-0.1, -0.05) is 48.5 Å². The molecule has 2 aliphatic heterocycles. The van der Waals surface area contributed by atoms with Crippen molar-refractivity contribution in [2.45, 2.75) is 32.0 Å². The van der Waals surface area contributed by atoms with E-state index in [9.17, 15) is 9.90 Å². The number of benzene rings is 2. The van der Waals surface area contributed by atoms with Crippen molar-refractivity contribution in [3.8, 4) is 0 Å². The number of aliphatic hydroxyl groups excluding tert-OH is 1. The molecule has 0 saturated heterocycles. The van der Waals surface area contributed by atoms with Crippen molar-refractivity contribution in [3.05, 3.63) is 70.8 Å². The van der Waals surface area contributed by atoms with E-state index in [0.717, 1.165) is 32.5 Å². The molecule has 5 nitrogen and oxygen atoms in total. The molecule has 0 aliphatic carbocycles. The minimum absolute atomic E-state index is 0. The van der Waals surface area contributed by atoms with Gasteiger partial charge in [-0.25, -0.2) is 4.79 Å². The van der Waals surface area contributed by atoms with Crippen LogP contribution in [0.1, 0.15) is 22.3 Å². The lowest BCUT2D eigenvalue weighted by atomic mass is 10.00. The molecule has 2 N–H and O–H groups in total. The number of nitrogens with zero attached hydrogens (tertiary/aromatic N) is 2. The molecule has 2 heterocycles. The number of urea groups is 1. The standard InChI is InChI=1S/C22H27N3O2.H2S/c26-21(16-24-11-9-17-5-1-3-7-19(17)14-24)13-23-22(27)25-12-10-18-6-2-4-8-20(18)15-25;/h1-8,21,26H,9-16H2,(H,23,27);1H2/t21-;/m0./s1. The number of β-amino-alcohol motifs (C(OH)–C–C–N with tert-alkyl or cyclic N) is 1. The molecule has 2 aliphatic rings. The van der Waals surface area contributed by atoms with Crippen LogP contribution in [0.2, 0.25) is 0 Å². The van der Waals surface area contributed by atoms with Crippen molar-refractivity contribution < 1.29 is 9.90 Å². The molecule has 0 spiro atoms. The number of nitrogens with one attached hydrogen (secondary N) is 1. The molecular weight excluding hydrogens is 370 g/mol. The van der Waals surface area contributed by atoms with Gasteiger partial charge in [0, 0.05) is 39.3 Å². The lowest BCUT2D eigenvalue weighted by Gasteiger charge is -2.31. The molecule has 2 aromatic carbocycles. The molecule has 28 heavy (non-hydrogen) atoms. The molecule has 2 aromatic rings. The maximum Gasteiger partial charge on any atom is 0.317 e. The van der Waals surface area contributed by atoms with Crippen LogP contribution in [0, 0.1) is 0 Å². The summed E-state index contributed by atoms with van der Waals surface area (Å²) in [5.74, 6) is 0. The highest BCUT2D eigenvalue weighted by atomic mass is 32.1. The van der Waals surface area contributed by atoms with E-state index in [1.54, 1.807) is 0 Å². The highest BCUT2D eigenvalue weighted by Gasteiger charge is 2.22. The number of fused-ring (bicyclic) bond motifs is 2. The van der Waals surface area contributed by atoms with Crippen LogP contribution in [0.5, 0.6) is 0 Å². The second-order valence-electron chi connectivity index (χ2n) is 7.53. The zero-order chi connectivity index (χ0) is 18.6. The van der Waals surface area contributed by atoms with Crippen molar-refractivity contribution in [1.29, 1.82) is 0 Å².